The maximum absolute atomic E-state index is 9.54. The van der Waals surface area contributed by atoms with Crippen molar-refractivity contribution in [2.75, 3.05) is 12.1 Å². The van der Waals surface area contributed by atoms with Crippen molar-refractivity contribution in [2.45, 2.75) is 58.0 Å². The zero-order valence-electron chi connectivity index (χ0n) is 14.0. The third-order valence-corrected chi connectivity index (χ3v) is 8.67. The van der Waals surface area contributed by atoms with Gasteiger partial charge in [0, 0.05) is 0 Å². The molecule has 1 aromatic carbocycles. The second kappa shape index (κ2) is 7.40. The van der Waals surface area contributed by atoms with Gasteiger partial charge < -0.3 is 9.53 Å². The average Bonchev–Trinajstić information content (AvgIpc) is 2.38. The van der Waals surface area contributed by atoms with Gasteiger partial charge in [-0.05, 0) is 37.2 Å². The molecular formula is C16H29NO3Si. The van der Waals surface area contributed by atoms with E-state index in [0.717, 1.165) is 5.69 Å². The third-order valence-electron chi connectivity index (χ3n) is 4.09. The van der Waals surface area contributed by atoms with Crippen molar-refractivity contribution in [3.8, 4) is 0 Å². The van der Waals surface area contributed by atoms with Crippen LogP contribution in [-0.2, 0) is 9.26 Å². The summed E-state index contributed by atoms with van der Waals surface area (Å²) in [7, 11) is -1.87. The van der Waals surface area contributed by atoms with Crippen molar-refractivity contribution in [1.29, 1.82) is 0 Å². The van der Waals surface area contributed by atoms with E-state index >= 15 is 0 Å². The number of aliphatic hydroxyl groups excluding tert-OH is 1. The minimum Gasteiger partial charge on any atom is -0.411 e. The maximum Gasteiger partial charge on any atom is 0.192 e. The fourth-order valence-electron chi connectivity index (χ4n) is 1.65. The predicted molar refractivity (Wildman–Crippen MR) is 89.8 cm³/mol. The van der Waals surface area contributed by atoms with Crippen LogP contribution in [0.3, 0.4) is 0 Å². The monoisotopic (exact) mass is 311 g/mol. The van der Waals surface area contributed by atoms with E-state index in [1.165, 1.54) is 0 Å². The van der Waals surface area contributed by atoms with Gasteiger partial charge in [-0.15, -0.1) is 0 Å². The first-order valence-electron chi connectivity index (χ1n) is 7.43. The van der Waals surface area contributed by atoms with Crippen LogP contribution < -0.4 is 5.48 Å². The Morgan fingerprint density at radius 1 is 1.19 bits per heavy atom. The molecule has 2 atom stereocenters. The summed E-state index contributed by atoms with van der Waals surface area (Å²) in [4.78, 5) is 5.59. The Balaban J connectivity index is 2.59. The summed E-state index contributed by atoms with van der Waals surface area (Å²) in [5, 5.41) is 9.68. The van der Waals surface area contributed by atoms with E-state index in [-0.39, 0.29) is 17.7 Å². The molecule has 0 bridgehead atoms. The molecule has 1 rings (SSSR count). The van der Waals surface area contributed by atoms with Gasteiger partial charge in [0.1, 0.15) is 6.10 Å². The minimum absolute atomic E-state index is 0.0877. The second-order valence-corrected chi connectivity index (χ2v) is 11.6. The van der Waals surface area contributed by atoms with Crippen molar-refractivity contribution < 1.29 is 14.4 Å². The summed E-state index contributed by atoms with van der Waals surface area (Å²) in [6, 6.07) is 9.61. The number of hydrogen-bond donors (Lipinski definition) is 2. The molecule has 21 heavy (non-hydrogen) atoms. The van der Waals surface area contributed by atoms with Gasteiger partial charge in [-0.1, -0.05) is 39.0 Å². The van der Waals surface area contributed by atoms with Gasteiger partial charge in [0.15, 0.2) is 8.32 Å². The van der Waals surface area contributed by atoms with E-state index in [4.69, 9.17) is 9.26 Å². The lowest BCUT2D eigenvalue weighted by atomic mass is 10.2. The van der Waals surface area contributed by atoms with Crippen LogP contribution in [0.4, 0.5) is 5.69 Å². The van der Waals surface area contributed by atoms with E-state index in [1.54, 1.807) is 0 Å². The quantitative estimate of drug-likeness (QED) is 0.594. The topological polar surface area (TPSA) is 50.7 Å². The lowest BCUT2D eigenvalue weighted by Crippen LogP contribution is -2.47. The molecule has 0 heterocycles. The smallest absolute Gasteiger partial charge is 0.192 e. The number of benzene rings is 1. The Morgan fingerprint density at radius 2 is 1.76 bits per heavy atom. The minimum atomic E-state index is -1.87. The van der Waals surface area contributed by atoms with Crippen LogP contribution in [0.2, 0.25) is 18.1 Å². The maximum atomic E-state index is 9.54. The Kier molecular flexibility index (Phi) is 6.40. The Hall–Kier alpha value is -0.883. The summed E-state index contributed by atoms with van der Waals surface area (Å²) < 4.78 is 6.26. The van der Waals surface area contributed by atoms with Gasteiger partial charge in [-0.25, -0.2) is 0 Å². The van der Waals surface area contributed by atoms with Crippen molar-refractivity contribution in [2.24, 2.45) is 0 Å². The van der Waals surface area contributed by atoms with Gasteiger partial charge in [0.05, 0.1) is 18.4 Å². The molecular weight excluding hydrogens is 282 g/mol. The Labute approximate surface area is 129 Å². The van der Waals surface area contributed by atoms with E-state index in [0.29, 0.717) is 0 Å². The molecule has 0 aliphatic rings. The van der Waals surface area contributed by atoms with E-state index in [1.807, 2.05) is 37.3 Å². The average molecular weight is 311 g/mol. The molecule has 0 aromatic heterocycles. The number of anilines is 1. The zero-order chi connectivity index (χ0) is 16.1. The van der Waals surface area contributed by atoms with Crippen LogP contribution in [0.15, 0.2) is 30.3 Å². The Bertz CT molecular complexity index is 417. The SMILES string of the molecule is C[C@H](O[Si](C)(C)C(C)(C)C)[C@H](CO)ONc1ccccc1. The van der Waals surface area contributed by atoms with Gasteiger partial charge in [0.25, 0.3) is 0 Å². The van der Waals surface area contributed by atoms with Gasteiger partial charge in [0.2, 0.25) is 0 Å². The highest BCUT2D eigenvalue weighted by Crippen LogP contribution is 2.37. The first-order chi connectivity index (χ1) is 9.67. The van der Waals surface area contributed by atoms with Crippen LogP contribution in [0.5, 0.6) is 0 Å². The van der Waals surface area contributed by atoms with Crippen molar-refractivity contribution in [1.82, 2.24) is 0 Å². The van der Waals surface area contributed by atoms with Crippen molar-refractivity contribution in [3.63, 3.8) is 0 Å². The molecule has 0 spiro atoms. The summed E-state index contributed by atoms with van der Waals surface area (Å²) >= 11 is 0. The first kappa shape index (κ1) is 18.2. The fraction of sp³-hybridized carbons (Fsp3) is 0.625. The lowest BCUT2D eigenvalue weighted by molar-refractivity contribution is -0.0282. The fourth-order valence-corrected chi connectivity index (χ4v) is 3.08. The molecule has 5 heteroatoms. The molecule has 0 aliphatic carbocycles. The highest BCUT2D eigenvalue weighted by Gasteiger charge is 2.39. The highest BCUT2D eigenvalue weighted by atomic mass is 28.4. The van der Waals surface area contributed by atoms with Crippen LogP contribution >= 0.6 is 0 Å². The molecule has 4 nitrogen and oxygen atoms in total. The lowest BCUT2D eigenvalue weighted by Gasteiger charge is -2.39. The number of para-hydroxylation sites is 1. The van der Waals surface area contributed by atoms with Crippen LogP contribution in [0.1, 0.15) is 27.7 Å². The molecule has 0 saturated heterocycles. The first-order valence-corrected chi connectivity index (χ1v) is 10.3. The normalized spacial score (nSPS) is 15.6. The van der Waals surface area contributed by atoms with Gasteiger partial charge in [-0.2, -0.15) is 0 Å². The molecule has 120 valence electrons. The zero-order valence-corrected chi connectivity index (χ0v) is 15.0. The standard InChI is InChI=1S/C16H29NO3Si/c1-13(20-21(5,6)16(2,3)4)15(12-18)19-17-14-10-8-7-9-11-14/h7-11,13,15,17-18H,12H2,1-6H3/t13-,15-/m0/s1. The van der Waals surface area contributed by atoms with Crippen molar-refractivity contribution in [3.05, 3.63) is 30.3 Å². The number of nitrogens with one attached hydrogen (secondary N) is 1. The largest absolute Gasteiger partial charge is 0.411 e. The van der Waals surface area contributed by atoms with E-state index in [9.17, 15) is 5.11 Å². The van der Waals surface area contributed by atoms with Crippen LogP contribution in [0.25, 0.3) is 0 Å². The molecule has 0 amide bonds. The number of aliphatic hydroxyl groups is 1. The molecule has 2 N–H and O–H groups in total. The third kappa shape index (κ3) is 5.43. The van der Waals surface area contributed by atoms with E-state index in [2.05, 4.69) is 39.3 Å². The predicted octanol–water partition coefficient (Wildman–Crippen LogP) is 3.80. The summed E-state index contributed by atoms with van der Waals surface area (Å²) in [5.41, 5.74) is 3.73. The Morgan fingerprint density at radius 3 is 2.24 bits per heavy atom. The van der Waals surface area contributed by atoms with E-state index < -0.39 is 14.4 Å². The number of rotatable bonds is 7. The highest BCUT2D eigenvalue weighted by molar-refractivity contribution is 6.74. The van der Waals surface area contributed by atoms with Gasteiger partial charge >= 0.3 is 0 Å². The molecule has 0 aliphatic heterocycles. The molecule has 0 saturated carbocycles. The van der Waals surface area contributed by atoms with Crippen molar-refractivity contribution >= 4 is 14.0 Å². The second-order valence-electron chi connectivity index (χ2n) is 6.89. The molecule has 0 radical (unpaired) electrons. The summed E-state index contributed by atoms with van der Waals surface area (Å²) in [6.45, 7) is 12.9. The van der Waals surface area contributed by atoms with Crippen LogP contribution in [0, 0.1) is 0 Å². The number of hydrogen-bond acceptors (Lipinski definition) is 4. The molecule has 1 aromatic rings. The van der Waals surface area contributed by atoms with Crippen LogP contribution in [-0.4, -0.2) is 32.2 Å². The molecule has 0 fully saturated rings. The summed E-state index contributed by atoms with van der Waals surface area (Å²) in [6.07, 6.45) is -0.577. The summed E-state index contributed by atoms with van der Waals surface area (Å²) in [5.74, 6) is 0. The van der Waals surface area contributed by atoms with Gasteiger partial charge in [-0.3, -0.25) is 10.3 Å². The molecule has 0 unspecified atom stereocenters.